The fraction of sp³-hybridized carbons (Fsp3) is 0.800. The molecule has 2 saturated heterocycles. The van der Waals surface area contributed by atoms with Crippen molar-refractivity contribution in [1.82, 2.24) is 5.06 Å². The average molecular weight is 244 g/mol. The van der Waals surface area contributed by atoms with Gasteiger partial charge < -0.3 is 20.0 Å². The first kappa shape index (κ1) is 12.3. The third kappa shape index (κ3) is 2.41. The van der Waals surface area contributed by atoms with E-state index in [-0.39, 0.29) is 6.42 Å². The van der Waals surface area contributed by atoms with Crippen LogP contribution in [0.2, 0.25) is 0 Å². The molecule has 2 aliphatic rings. The Morgan fingerprint density at radius 1 is 1.24 bits per heavy atom. The summed E-state index contributed by atoms with van der Waals surface area (Å²) >= 11 is 0. The number of nitrogens with zero attached hydrogens (tertiary/aromatic N) is 1. The van der Waals surface area contributed by atoms with Gasteiger partial charge in [-0.05, 0) is 12.8 Å². The van der Waals surface area contributed by atoms with Gasteiger partial charge in [0, 0.05) is 6.61 Å². The lowest BCUT2D eigenvalue weighted by atomic mass is 10.00. The number of carbonyl (C=O) groups excluding carboxylic acids is 2. The summed E-state index contributed by atoms with van der Waals surface area (Å²) in [5, 5.41) is 1.47. The molecule has 0 aromatic rings. The first-order valence-electron chi connectivity index (χ1n) is 5.64. The minimum atomic E-state index is -1.60. The average Bonchev–Trinajstić information content (AvgIpc) is 2.80. The van der Waals surface area contributed by atoms with Gasteiger partial charge in [-0.15, -0.1) is 5.06 Å². The van der Waals surface area contributed by atoms with Crippen LogP contribution in [0.3, 0.4) is 0 Å². The van der Waals surface area contributed by atoms with Crippen LogP contribution in [-0.2, 0) is 23.9 Å². The summed E-state index contributed by atoms with van der Waals surface area (Å²) in [6, 6.07) is 0. The molecule has 1 amide bonds. The summed E-state index contributed by atoms with van der Waals surface area (Å²) in [4.78, 5) is 28.4. The maximum atomic E-state index is 11.9. The lowest BCUT2D eigenvalue weighted by molar-refractivity contribution is -0.222. The third-order valence-electron chi connectivity index (χ3n) is 2.93. The van der Waals surface area contributed by atoms with Crippen molar-refractivity contribution in [3.05, 3.63) is 0 Å². The molecule has 0 aliphatic carbocycles. The zero-order chi connectivity index (χ0) is 12.3. The Balaban J connectivity index is 1.99. The molecule has 2 heterocycles. The van der Waals surface area contributed by atoms with Crippen LogP contribution in [0.5, 0.6) is 0 Å². The van der Waals surface area contributed by atoms with Crippen molar-refractivity contribution >= 4 is 11.9 Å². The van der Waals surface area contributed by atoms with E-state index in [4.69, 9.17) is 20.0 Å². The second-order valence-electron chi connectivity index (χ2n) is 4.06. The molecule has 0 aromatic heterocycles. The molecule has 1 unspecified atom stereocenters. The standard InChI is InChI=1S/C10H16N2O5/c11-8(13)10(2-1-5-16-10)9(14)17-12-3-6-15-7-4-12/h1-7H2,(H2,11,13). The largest absolute Gasteiger partial charge is 0.379 e. The van der Waals surface area contributed by atoms with Gasteiger partial charge in [0.05, 0.1) is 26.3 Å². The summed E-state index contributed by atoms with van der Waals surface area (Å²) in [5.41, 5.74) is 3.63. The summed E-state index contributed by atoms with van der Waals surface area (Å²) in [5.74, 6) is -1.50. The number of ether oxygens (including phenoxy) is 2. The first-order valence-corrected chi connectivity index (χ1v) is 5.64. The monoisotopic (exact) mass is 244 g/mol. The van der Waals surface area contributed by atoms with Crippen LogP contribution in [0.25, 0.3) is 0 Å². The van der Waals surface area contributed by atoms with Gasteiger partial charge in [0.15, 0.2) is 0 Å². The number of hydrogen-bond acceptors (Lipinski definition) is 6. The number of primary amides is 1. The van der Waals surface area contributed by atoms with Crippen molar-refractivity contribution in [2.24, 2.45) is 5.73 Å². The molecule has 2 fully saturated rings. The van der Waals surface area contributed by atoms with Crippen molar-refractivity contribution in [3.63, 3.8) is 0 Å². The van der Waals surface area contributed by atoms with Gasteiger partial charge in [-0.3, -0.25) is 4.79 Å². The Hall–Kier alpha value is -1.18. The van der Waals surface area contributed by atoms with Crippen molar-refractivity contribution in [2.45, 2.75) is 18.4 Å². The lowest BCUT2D eigenvalue weighted by Crippen LogP contribution is -2.53. The summed E-state index contributed by atoms with van der Waals surface area (Å²) in [6.45, 7) is 2.32. The smallest absolute Gasteiger partial charge is 0.367 e. The second kappa shape index (κ2) is 4.99. The minimum Gasteiger partial charge on any atom is -0.379 e. The van der Waals surface area contributed by atoms with Gasteiger partial charge in [0.1, 0.15) is 0 Å². The Morgan fingerprint density at radius 2 is 1.94 bits per heavy atom. The van der Waals surface area contributed by atoms with Crippen LogP contribution in [0, 0.1) is 0 Å². The Morgan fingerprint density at radius 3 is 2.47 bits per heavy atom. The van der Waals surface area contributed by atoms with Crippen LogP contribution in [-0.4, -0.2) is 55.5 Å². The highest BCUT2D eigenvalue weighted by atomic mass is 16.7. The third-order valence-corrected chi connectivity index (χ3v) is 2.93. The highest BCUT2D eigenvalue weighted by Gasteiger charge is 2.51. The quantitative estimate of drug-likeness (QED) is 0.628. The lowest BCUT2D eigenvalue weighted by Gasteiger charge is -2.29. The number of hydrogen-bond donors (Lipinski definition) is 1. The molecule has 0 saturated carbocycles. The zero-order valence-electron chi connectivity index (χ0n) is 9.52. The molecule has 1 atom stereocenters. The SMILES string of the molecule is NC(=O)C1(C(=O)ON2CCOCC2)CCCO1. The molecule has 2 N–H and O–H groups in total. The van der Waals surface area contributed by atoms with Gasteiger partial charge >= 0.3 is 5.97 Å². The number of carbonyl (C=O) groups is 2. The number of morpholine rings is 1. The Labute approximate surface area is 98.7 Å². The number of rotatable bonds is 3. The molecule has 0 bridgehead atoms. The molecule has 96 valence electrons. The molecule has 0 spiro atoms. The van der Waals surface area contributed by atoms with E-state index >= 15 is 0 Å². The predicted molar refractivity (Wildman–Crippen MR) is 55.6 cm³/mol. The fourth-order valence-corrected chi connectivity index (χ4v) is 1.92. The number of hydroxylamine groups is 2. The van der Waals surface area contributed by atoms with E-state index in [1.165, 1.54) is 5.06 Å². The van der Waals surface area contributed by atoms with Crippen molar-refractivity contribution in [2.75, 3.05) is 32.9 Å². The maximum absolute atomic E-state index is 11.9. The minimum absolute atomic E-state index is 0.283. The van der Waals surface area contributed by atoms with Gasteiger partial charge in [-0.25, -0.2) is 4.79 Å². The normalized spacial score (nSPS) is 30.1. The summed E-state index contributed by atoms with van der Waals surface area (Å²) in [7, 11) is 0. The molecular formula is C10H16N2O5. The van der Waals surface area contributed by atoms with Gasteiger partial charge in [0.25, 0.3) is 5.91 Å². The van der Waals surface area contributed by atoms with Crippen LogP contribution in [0.15, 0.2) is 0 Å². The molecule has 2 aliphatic heterocycles. The highest BCUT2D eigenvalue weighted by Crippen LogP contribution is 2.27. The molecule has 7 nitrogen and oxygen atoms in total. The van der Waals surface area contributed by atoms with Gasteiger partial charge in [-0.2, -0.15) is 0 Å². The summed E-state index contributed by atoms with van der Waals surface area (Å²) in [6.07, 6.45) is 0.909. The Kier molecular flexibility index (Phi) is 3.60. The highest BCUT2D eigenvalue weighted by molar-refractivity contribution is 6.05. The predicted octanol–water partition coefficient (Wildman–Crippen LogP) is -1.19. The van der Waals surface area contributed by atoms with E-state index in [0.29, 0.717) is 39.3 Å². The Bertz CT molecular complexity index is 308. The van der Waals surface area contributed by atoms with E-state index in [1.807, 2.05) is 0 Å². The van der Waals surface area contributed by atoms with Crippen LogP contribution < -0.4 is 5.73 Å². The molecular weight excluding hydrogens is 228 g/mol. The molecule has 7 heteroatoms. The number of nitrogens with two attached hydrogens (primary N) is 1. The second-order valence-corrected chi connectivity index (χ2v) is 4.06. The molecule has 17 heavy (non-hydrogen) atoms. The molecule has 2 rings (SSSR count). The van der Waals surface area contributed by atoms with E-state index in [2.05, 4.69) is 0 Å². The fourth-order valence-electron chi connectivity index (χ4n) is 1.92. The van der Waals surface area contributed by atoms with Gasteiger partial charge in [0.2, 0.25) is 5.60 Å². The van der Waals surface area contributed by atoms with E-state index < -0.39 is 17.5 Å². The molecule has 0 radical (unpaired) electrons. The van der Waals surface area contributed by atoms with Crippen molar-refractivity contribution in [3.8, 4) is 0 Å². The van der Waals surface area contributed by atoms with Gasteiger partial charge in [-0.1, -0.05) is 0 Å². The van der Waals surface area contributed by atoms with Crippen molar-refractivity contribution in [1.29, 1.82) is 0 Å². The van der Waals surface area contributed by atoms with Crippen molar-refractivity contribution < 1.29 is 23.9 Å². The zero-order valence-corrected chi connectivity index (χ0v) is 9.52. The van der Waals surface area contributed by atoms with E-state index in [1.54, 1.807) is 0 Å². The topological polar surface area (TPSA) is 91.1 Å². The van der Waals surface area contributed by atoms with E-state index in [9.17, 15) is 9.59 Å². The summed E-state index contributed by atoms with van der Waals surface area (Å²) < 4.78 is 10.3. The number of amides is 1. The van der Waals surface area contributed by atoms with Crippen LogP contribution in [0.1, 0.15) is 12.8 Å². The van der Waals surface area contributed by atoms with Crippen LogP contribution in [0.4, 0.5) is 0 Å². The van der Waals surface area contributed by atoms with Crippen LogP contribution >= 0.6 is 0 Å². The molecule has 0 aromatic carbocycles. The maximum Gasteiger partial charge on any atom is 0.367 e. The van der Waals surface area contributed by atoms with E-state index in [0.717, 1.165) is 0 Å². The first-order chi connectivity index (χ1) is 8.15.